The Labute approximate surface area is 66.9 Å². The highest BCUT2D eigenvalue weighted by Gasteiger charge is 2.40. The van der Waals surface area contributed by atoms with E-state index in [9.17, 15) is 4.79 Å². The Kier molecular flexibility index (Phi) is 2.18. The Hall–Kier alpha value is -0.570. The third-order valence-corrected chi connectivity index (χ3v) is 2.29. The SMILES string of the molecule is CC1(C)OC(=O)C[C@H]1CCN. The summed E-state index contributed by atoms with van der Waals surface area (Å²) in [6.07, 6.45) is 1.41. The molecule has 0 aliphatic carbocycles. The summed E-state index contributed by atoms with van der Waals surface area (Å²) in [5, 5.41) is 0. The van der Waals surface area contributed by atoms with Gasteiger partial charge in [-0.1, -0.05) is 0 Å². The highest BCUT2D eigenvalue weighted by Crippen LogP contribution is 2.34. The Morgan fingerprint density at radius 1 is 1.73 bits per heavy atom. The summed E-state index contributed by atoms with van der Waals surface area (Å²) in [6, 6.07) is 0. The normalized spacial score (nSPS) is 28.6. The van der Waals surface area contributed by atoms with E-state index < -0.39 is 0 Å². The van der Waals surface area contributed by atoms with Crippen molar-refractivity contribution in [1.82, 2.24) is 0 Å². The minimum Gasteiger partial charge on any atom is -0.459 e. The molecule has 1 atom stereocenters. The molecule has 3 heteroatoms. The van der Waals surface area contributed by atoms with Gasteiger partial charge in [-0.25, -0.2) is 0 Å². The summed E-state index contributed by atoms with van der Waals surface area (Å²) in [4.78, 5) is 10.9. The second kappa shape index (κ2) is 2.81. The van der Waals surface area contributed by atoms with Gasteiger partial charge >= 0.3 is 5.97 Å². The highest BCUT2D eigenvalue weighted by atomic mass is 16.6. The van der Waals surface area contributed by atoms with Crippen LogP contribution in [0.3, 0.4) is 0 Å². The molecule has 0 unspecified atom stereocenters. The molecule has 1 fully saturated rings. The van der Waals surface area contributed by atoms with E-state index in [0.29, 0.717) is 18.9 Å². The molecule has 1 heterocycles. The van der Waals surface area contributed by atoms with Crippen molar-refractivity contribution in [1.29, 1.82) is 0 Å². The van der Waals surface area contributed by atoms with Gasteiger partial charge in [-0.2, -0.15) is 0 Å². The Bertz CT molecular complexity index is 165. The fourth-order valence-corrected chi connectivity index (χ4v) is 1.52. The van der Waals surface area contributed by atoms with Gasteiger partial charge in [-0.3, -0.25) is 4.79 Å². The lowest BCUT2D eigenvalue weighted by Crippen LogP contribution is -2.29. The van der Waals surface area contributed by atoms with Crippen molar-refractivity contribution in [2.24, 2.45) is 11.7 Å². The molecule has 1 saturated heterocycles. The van der Waals surface area contributed by atoms with Crippen molar-refractivity contribution < 1.29 is 9.53 Å². The minimum absolute atomic E-state index is 0.0894. The largest absolute Gasteiger partial charge is 0.459 e. The number of hydrogen-bond donors (Lipinski definition) is 1. The molecule has 0 saturated carbocycles. The van der Waals surface area contributed by atoms with Crippen LogP contribution in [0.5, 0.6) is 0 Å². The first kappa shape index (κ1) is 8.53. The van der Waals surface area contributed by atoms with Gasteiger partial charge in [0, 0.05) is 5.92 Å². The van der Waals surface area contributed by atoms with Crippen LogP contribution in [0.1, 0.15) is 26.7 Å². The predicted octanol–water partition coefficient (Wildman–Crippen LogP) is 0.677. The second-order valence-corrected chi connectivity index (χ2v) is 3.56. The summed E-state index contributed by atoms with van der Waals surface area (Å²) >= 11 is 0. The monoisotopic (exact) mass is 157 g/mol. The molecule has 1 aliphatic rings. The van der Waals surface area contributed by atoms with Crippen LogP contribution in [0.2, 0.25) is 0 Å². The van der Waals surface area contributed by atoms with Gasteiger partial charge in [-0.15, -0.1) is 0 Å². The molecule has 3 nitrogen and oxygen atoms in total. The maximum atomic E-state index is 10.9. The molecule has 0 amide bonds. The summed E-state index contributed by atoms with van der Waals surface area (Å²) in [5.41, 5.74) is 5.11. The number of carbonyl (C=O) groups is 1. The molecular weight excluding hydrogens is 142 g/mol. The van der Waals surface area contributed by atoms with Crippen molar-refractivity contribution >= 4 is 5.97 Å². The number of carbonyl (C=O) groups excluding carboxylic acids is 1. The molecule has 0 aromatic rings. The van der Waals surface area contributed by atoms with Crippen molar-refractivity contribution in [2.45, 2.75) is 32.3 Å². The quantitative estimate of drug-likeness (QED) is 0.599. The molecule has 0 bridgehead atoms. The fourth-order valence-electron chi connectivity index (χ4n) is 1.52. The average Bonchev–Trinajstić information content (AvgIpc) is 2.07. The van der Waals surface area contributed by atoms with E-state index in [-0.39, 0.29) is 11.6 Å². The van der Waals surface area contributed by atoms with E-state index in [2.05, 4.69) is 0 Å². The molecule has 2 N–H and O–H groups in total. The molecule has 1 rings (SSSR count). The van der Waals surface area contributed by atoms with Crippen molar-refractivity contribution in [3.05, 3.63) is 0 Å². The van der Waals surface area contributed by atoms with Crippen LogP contribution >= 0.6 is 0 Å². The van der Waals surface area contributed by atoms with Crippen LogP contribution in [0.15, 0.2) is 0 Å². The van der Waals surface area contributed by atoms with Crippen LogP contribution in [-0.2, 0) is 9.53 Å². The van der Waals surface area contributed by atoms with Gasteiger partial charge in [0.1, 0.15) is 5.60 Å². The number of esters is 1. The van der Waals surface area contributed by atoms with Crippen LogP contribution in [0.25, 0.3) is 0 Å². The highest BCUT2D eigenvalue weighted by molar-refractivity contribution is 5.72. The van der Waals surface area contributed by atoms with Crippen molar-refractivity contribution in [2.75, 3.05) is 6.54 Å². The standard InChI is InChI=1S/C8H15NO2/c1-8(2)6(3-4-9)5-7(10)11-8/h6H,3-5,9H2,1-2H3/t6-/m1/s1. The third-order valence-electron chi connectivity index (χ3n) is 2.29. The molecule has 0 radical (unpaired) electrons. The smallest absolute Gasteiger partial charge is 0.306 e. The maximum absolute atomic E-state index is 10.9. The van der Waals surface area contributed by atoms with E-state index in [4.69, 9.17) is 10.5 Å². The Balaban J connectivity index is 2.58. The molecule has 0 aromatic carbocycles. The molecule has 1 aliphatic heterocycles. The molecule has 0 aromatic heterocycles. The fraction of sp³-hybridized carbons (Fsp3) is 0.875. The predicted molar refractivity (Wildman–Crippen MR) is 41.9 cm³/mol. The second-order valence-electron chi connectivity index (χ2n) is 3.56. The Morgan fingerprint density at radius 2 is 2.36 bits per heavy atom. The van der Waals surface area contributed by atoms with E-state index in [1.54, 1.807) is 0 Å². The first-order chi connectivity index (χ1) is 5.06. The number of nitrogens with two attached hydrogens (primary N) is 1. The van der Waals surface area contributed by atoms with Gasteiger partial charge in [0.25, 0.3) is 0 Å². The average molecular weight is 157 g/mol. The molecule has 11 heavy (non-hydrogen) atoms. The van der Waals surface area contributed by atoms with E-state index in [0.717, 1.165) is 6.42 Å². The maximum Gasteiger partial charge on any atom is 0.306 e. The van der Waals surface area contributed by atoms with Gasteiger partial charge in [0.15, 0.2) is 0 Å². The lowest BCUT2D eigenvalue weighted by molar-refractivity contribution is -0.146. The topological polar surface area (TPSA) is 52.3 Å². The van der Waals surface area contributed by atoms with Gasteiger partial charge in [0.05, 0.1) is 6.42 Å². The first-order valence-corrected chi connectivity index (χ1v) is 3.98. The summed E-state index contributed by atoms with van der Waals surface area (Å²) < 4.78 is 5.12. The van der Waals surface area contributed by atoms with E-state index >= 15 is 0 Å². The van der Waals surface area contributed by atoms with Gasteiger partial charge in [0.2, 0.25) is 0 Å². The van der Waals surface area contributed by atoms with Crippen LogP contribution in [0.4, 0.5) is 0 Å². The number of cyclic esters (lactones) is 1. The van der Waals surface area contributed by atoms with E-state index in [1.807, 2.05) is 13.8 Å². The lowest BCUT2D eigenvalue weighted by atomic mass is 9.88. The number of hydrogen-bond acceptors (Lipinski definition) is 3. The molecule has 0 spiro atoms. The van der Waals surface area contributed by atoms with Crippen molar-refractivity contribution in [3.8, 4) is 0 Å². The van der Waals surface area contributed by atoms with Gasteiger partial charge < -0.3 is 10.5 Å². The minimum atomic E-state index is -0.295. The zero-order valence-electron chi connectivity index (χ0n) is 7.09. The molecular formula is C8H15NO2. The van der Waals surface area contributed by atoms with Crippen molar-refractivity contribution in [3.63, 3.8) is 0 Å². The van der Waals surface area contributed by atoms with Gasteiger partial charge in [-0.05, 0) is 26.8 Å². The summed E-state index contributed by atoms with van der Waals surface area (Å²) in [5.74, 6) is 0.216. The zero-order valence-corrected chi connectivity index (χ0v) is 7.09. The Morgan fingerprint density at radius 3 is 2.73 bits per heavy atom. The van der Waals surface area contributed by atoms with Crippen LogP contribution in [-0.4, -0.2) is 18.1 Å². The number of ether oxygens (including phenoxy) is 1. The summed E-state index contributed by atoms with van der Waals surface area (Å²) in [6.45, 7) is 4.52. The van der Waals surface area contributed by atoms with E-state index in [1.165, 1.54) is 0 Å². The lowest BCUT2D eigenvalue weighted by Gasteiger charge is -2.23. The van der Waals surface area contributed by atoms with Crippen LogP contribution in [0, 0.1) is 5.92 Å². The zero-order chi connectivity index (χ0) is 8.48. The van der Waals surface area contributed by atoms with Crippen LogP contribution < -0.4 is 5.73 Å². The third kappa shape index (κ3) is 1.71. The number of rotatable bonds is 2. The summed E-state index contributed by atoms with van der Waals surface area (Å²) in [7, 11) is 0. The molecule has 64 valence electrons. The first-order valence-electron chi connectivity index (χ1n) is 3.98.